The number of carbonyl (C=O) groups is 1. The van der Waals surface area contributed by atoms with Crippen LogP contribution < -0.4 is 9.04 Å². The molecule has 1 atom stereocenters. The van der Waals surface area contributed by atoms with Gasteiger partial charge in [-0.25, -0.2) is 8.42 Å². The average molecular weight is 355 g/mol. The van der Waals surface area contributed by atoms with Gasteiger partial charge in [0.1, 0.15) is 11.4 Å². The summed E-state index contributed by atoms with van der Waals surface area (Å²) in [4.78, 5) is 12.0. The van der Waals surface area contributed by atoms with Gasteiger partial charge in [0.2, 0.25) is 10.0 Å². The van der Waals surface area contributed by atoms with Gasteiger partial charge >= 0.3 is 5.97 Å². The van der Waals surface area contributed by atoms with Crippen molar-refractivity contribution in [2.75, 3.05) is 24.2 Å². The second-order valence-electron chi connectivity index (χ2n) is 7.04. The Hall–Kier alpha value is -1.76. The van der Waals surface area contributed by atoms with Gasteiger partial charge in [-0.3, -0.25) is 9.10 Å². The third-order valence-corrected chi connectivity index (χ3v) is 4.99. The standard InChI is InChI=1S/C17H25NO5S/c1-17(2,3)23-16(19)9-6-12-11-18(24(5,20)21)15-8-7-13(22-4)10-14(12)15/h7-8,10,12H,6,9,11H2,1-5H3. The molecular formula is C17H25NO5S. The van der Waals surface area contributed by atoms with Crippen molar-refractivity contribution in [1.82, 2.24) is 0 Å². The molecule has 0 bridgehead atoms. The summed E-state index contributed by atoms with van der Waals surface area (Å²) >= 11 is 0. The van der Waals surface area contributed by atoms with Gasteiger partial charge in [0.15, 0.2) is 0 Å². The first-order valence-electron chi connectivity index (χ1n) is 7.89. The van der Waals surface area contributed by atoms with Crippen LogP contribution in [0.5, 0.6) is 5.75 Å². The van der Waals surface area contributed by atoms with E-state index in [1.807, 2.05) is 26.8 Å². The summed E-state index contributed by atoms with van der Waals surface area (Å²) in [7, 11) is -1.79. The molecule has 1 aromatic rings. The van der Waals surface area contributed by atoms with Crippen LogP contribution in [0.1, 0.15) is 45.1 Å². The molecule has 0 saturated carbocycles. The fraction of sp³-hybridized carbons (Fsp3) is 0.588. The molecule has 0 aliphatic carbocycles. The summed E-state index contributed by atoms with van der Waals surface area (Å²) in [5.74, 6) is 0.341. The highest BCUT2D eigenvalue weighted by Crippen LogP contribution is 2.41. The highest BCUT2D eigenvalue weighted by atomic mass is 32.2. The lowest BCUT2D eigenvalue weighted by Crippen LogP contribution is -2.29. The molecule has 2 rings (SSSR count). The maximum atomic E-state index is 12.0. The zero-order valence-corrected chi connectivity index (χ0v) is 15.6. The molecule has 1 aliphatic rings. The molecule has 0 radical (unpaired) electrons. The van der Waals surface area contributed by atoms with Crippen LogP contribution >= 0.6 is 0 Å². The maximum Gasteiger partial charge on any atom is 0.306 e. The van der Waals surface area contributed by atoms with E-state index in [9.17, 15) is 13.2 Å². The fourth-order valence-corrected chi connectivity index (χ4v) is 3.83. The predicted molar refractivity (Wildman–Crippen MR) is 93.0 cm³/mol. The first-order valence-corrected chi connectivity index (χ1v) is 9.73. The van der Waals surface area contributed by atoms with Crippen LogP contribution in [-0.2, 0) is 19.6 Å². The molecule has 6 nitrogen and oxygen atoms in total. The van der Waals surface area contributed by atoms with Gasteiger partial charge in [-0.15, -0.1) is 0 Å². The summed E-state index contributed by atoms with van der Waals surface area (Å²) in [6.07, 6.45) is 1.97. The van der Waals surface area contributed by atoms with Crippen molar-refractivity contribution in [1.29, 1.82) is 0 Å². The molecule has 0 saturated heterocycles. The molecule has 1 aliphatic heterocycles. The van der Waals surface area contributed by atoms with Crippen LogP contribution in [0.25, 0.3) is 0 Å². The minimum Gasteiger partial charge on any atom is -0.497 e. The molecule has 0 spiro atoms. The van der Waals surface area contributed by atoms with Gasteiger partial charge in [-0.1, -0.05) is 0 Å². The topological polar surface area (TPSA) is 72.9 Å². The number of nitrogens with zero attached hydrogens (tertiary/aromatic N) is 1. The fourth-order valence-electron chi connectivity index (χ4n) is 2.86. The number of carbonyl (C=O) groups excluding carboxylic acids is 1. The van der Waals surface area contributed by atoms with Gasteiger partial charge in [0.25, 0.3) is 0 Å². The molecular weight excluding hydrogens is 330 g/mol. The van der Waals surface area contributed by atoms with Gasteiger partial charge in [0, 0.05) is 18.9 Å². The Morgan fingerprint density at radius 1 is 1.33 bits per heavy atom. The van der Waals surface area contributed by atoms with Crippen LogP contribution in [0.4, 0.5) is 5.69 Å². The number of fused-ring (bicyclic) bond motifs is 1. The molecule has 0 fully saturated rings. The van der Waals surface area contributed by atoms with Crippen molar-refractivity contribution in [2.24, 2.45) is 0 Å². The van der Waals surface area contributed by atoms with Gasteiger partial charge < -0.3 is 9.47 Å². The van der Waals surface area contributed by atoms with E-state index in [2.05, 4.69) is 0 Å². The lowest BCUT2D eigenvalue weighted by atomic mass is 9.96. The highest BCUT2D eigenvalue weighted by molar-refractivity contribution is 7.92. The maximum absolute atomic E-state index is 12.0. The summed E-state index contributed by atoms with van der Waals surface area (Å²) < 4.78 is 36.0. The monoisotopic (exact) mass is 355 g/mol. The Bertz CT molecular complexity index is 721. The van der Waals surface area contributed by atoms with Crippen LogP contribution in [0, 0.1) is 0 Å². The summed E-state index contributed by atoms with van der Waals surface area (Å²) in [6.45, 7) is 5.81. The molecule has 1 unspecified atom stereocenters. The van der Waals surface area contributed by atoms with Gasteiger partial charge in [-0.05, 0) is 51.0 Å². The van der Waals surface area contributed by atoms with Crippen LogP contribution in [0.2, 0.25) is 0 Å². The number of ether oxygens (including phenoxy) is 2. The van der Waals surface area contributed by atoms with E-state index in [0.29, 0.717) is 24.4 Å². The largest absolute Gasteiger partial charge is 0.497 e. The number of hydrogen-bond donors (Lipinski definition) is 0. The summed E-state index contributed by atoms with van der Waals surface area (Å²) in [5, 5.41) is 0. The Balaban J connectivity index is 2.19. The summed E-state index contributed by atoms with van der Waals surface area (Å²) in [6, 6.07) is 5.34. The minimum absolute atomic E-state index is 0.0580. The smallest absolute Gasteiger partial charge is 0.306 e. The van der Waals surface area contributed by atoms with E-state index in [0.717, 1.165) is 5.56 Å². The van der Waals surface area contributed by atoms with Crippen molar-refractivity contribution in [3.8, 4) is 5.75 Å². The molecule has 1 aromatic carbocycles. The number of sulfonamides is 1. The average Bonchev–Trinajstić information content (AvgIpc) is 2.81. The number of methoxy groups -OCH3 is 1. The van der Waals surface area contributed by atoms with E-state index >= 15 is 0 Å². The Labute approximate surface area is 143 Å². The van der Waals surface area contributed by atoms with Gasteiger partial charge in [0.05, 0.1) is 19.1 Å². The Morgan fingerprint density at radius 3 is 2.54 bits per heavy atom. The normalized spacial score (nSPS) is 17.5. The predicted octanol–water partition coefficient (Wildman–Crippen LogP) is 2.68. The Morgan fingerprint density at radius 2 is 2.00 bits per heavy atom. The summed E-state index contributed by atoms with van der Waals surface area (Å²) in [5.41, 5.74) is 1.03. The van der Waals surface area contributed by atoms with Crippen LogP contribution in [0.3, 0.4) is 0 Å². The molecule has 134 valence electrons. The van der Waals surface area contributed by atoms with Crippen LogP contribution in [-0.4, -0.2) is 39.9 Å². The quantitative estimate of drug-likeness (QED) is 0.759. The van der Waals surface area contributed by atoms with E-state index < -0.39 is 15.6 Å². The van der Waals surface area contributed by atoms with E-state index in [4.69, 9.17) is 9.47 Å². The van der Waals surface area contributed by atoms with E-state index in [1.54, 1.807) is 19.2 Å². The van der Waals surface area contributed by atoms with E-state index in [-0.39, 0.29) is 18.3 Å². The molecule has 0 N–H and O–H groups in total. The van der Waals surface area contributed by atoms with Crippen molar-refractivity contribution in [3.05, 3.63) is 23.8 Å². The van der Waals surface area contributed by atoms with Gasteiger partial charge in [-0.2, -0.15) is 0 Å². The lowest BCUT2D eigenvalue weighted by Gasteiger charge is -2.20. The number of benzene rings is 1. The number of rotatable bonds is 5. The van der Waals surface area contributed by atoms with E-state index in [1.165, 1.54) is 10.6 Å². The lowest BCUT2D eigenvalue weighted by molar-refractivity contribution is -0.155. The van der Waals surface area contributed by atoms with Crippen LogP contribution in [0.15, 0.2) is 18.2 Å². The number of anilines is 1. The second kappa shape index (κ2) is 6.63. The van der Waals surface area contributed by atoms with Crippen molar-refractivity contribution in [2.45, 2.75) is 45.1 Å². The second-order valence-corrected chi connectivity index (χ2v) is 8.95. The third-order valence-electron chi connectivity index (χ3n) is 3.85. The minimum atomic E-state index is -3.36. The Kier molecular flexibility index (Phi) is 5.13. The molecule has 1 heterocycles. The highest BCUT2D eigenvalue weighted by Gasteiger charge is 2.34. The molecule has 7 heteroatoms. The number of esters is 1. The molecule has 0 aromatic heterocycles. The van der Waals surface area contributed by atoms with Crippen molar-refractivity contribution in [3.63, 3.8) is 0 Å². The van der Waals surface area contributed by atoms with Crippen molar-refractivity contribution < 1.29 is 22.7 Å². The first-order chi connectivity index (χ1) is 11.0. The van der Waals surface area contributed by atoms with Crippen molar-refractivity contribution >= 4 is 21.7 Å². The first kappa shape index (κ1) is 18.6. The zero-order chi connectivity index (χ0) is 18.1. The molecule has 24 heavy (non-hydrogen) atoms. The molecule has 0 amide bonds. The number of hydrogen-bond acceptors (Lipinski definition) is 5. The third kappa shape index (κ3) is 4.41. The zero-order valence-electron chi connectivity index (χ0n) is 14.8. The SMILES string of the molecule is COc1ccc2c(c1)C(CCC(=O)OC(C)(C)C)CN2S(C)(=O)=O.